The Bertz CT molecular complexity index is 869. The van der Waals surface area contributed by atoms with E-state index in [0.29, 0.717) is 18.9 Å². The smallest absolute Gasteiger partial charge is 0.240 e. The minimum absolute atomic E-state index is 0.135. The van der Waals surface area contributed by atoms with E-state index in [0.717, 1.165) is 41.8 Å². The molecule has 0 saturated heterocycles. The Morgan fingerprint density at radius 2 is 1.56 bits per heavy atom. The summed E-state index contributed by atoms with van der Waals surface area (Å²) in [6.07, 6.45) is 2.29. The number of benzene rings is 2. The van der Waals surface area contributed by atoms with Crippen LogP contribution in [0, 0.1) is 17.0 Å². The monoisotopic (exact) mass is 372 g/mol. The molecule has 2 aromatic carbocycles. The molecule has 0 radical (unpaired) electrons. The summed E-state index contributed by atoms with van der Waals surface area (Å²) in [4.78, 5) is 25.5. The van der Waals surface area contributed by atoms with Crippen LogP contribution in [0.2, 0.25) is 0 Å². The van der Waals surface area contributed by atoms with E-state index in [9.17, 15) is 18.4 Å². The third kappa shape index (κ3) is 3.70. The van der Waals surface area contributed by atoms with Gasteiger partial charge in [0, 0.05) is 11.8 Å². The second kappa shape index (κ2) is 7.47. The largest absolute Gasteiger partial charge is 0.325 e. The summed E-state index contributed by atoms with van der Waals surface area (Å²) in [6, 6.07) is 8.75. The Morgan fingerprint density at radius 3 is 2.07 bits per heavy atom. The number of hydrogen-bond acceptors (Lipinski definition) is 2. The molecular formula is C21H22F2N2O2. The summed E-state index contributed by atoms with van der Waals surface area (Å²) in [5.74, 6) is -2.56. The molecule has 1 aliphatic carbocycles. The van der Waals surface area contributed by atoms with Crippen molar-refractivity contribution in [3.8, 4) is 0 Å². The van der Waals surface area contributed by atoms with Crippen molar-refractivity contribution in [1.29, 1.82) is 0 Å². The van der Waals surface area contributed by atoms with Crippen molar-refractivity contribution in [1.82, 2.24) is 0 Å². The maximum absolute atomic E-state index is 13.8. The van der Waals surface area contributed by atoms with Crippen molar-refractivity contribution < 1.29 is 18.4 Å². The fraction of sp³-hybridized carbons (Fsp3) is 0.333. The summed E-state index contributed by atoms with van der Waals surface area (Å²) in [5.41, 5.74) is 1.40. The Morgan fingerprint density at radius 1 is 0.963 bits per heavy atom. The number of para-hydroxylation sites is 1. The van der Waals surface area contributed by atoms with Gasteiger partial charge in [0.25, 0.3) is 0 Å². The van der Waals surface area contributed by atoms with E-state index in [2.05, 4.69) is 10.6 Å². The highest BCUT2D eigenvalue weighted by molar-refractivity contribution is 6.17. The molecule has 0 aliphatic heterocycles. The Balaban J connectivity index is 1.80. The van der Waals surface area contributed by atoms with Gasteiger partial charge in [-0.15, -0.1) is 0 Å². The van der Waals surface area contributed by atoms with E-state index in [1.807, 2.05) is 32.0 Å². The lowest BCUT2D eigenvalue weighted by Gasteiger charge is -2.19. The molecule has 6 heteroatoms. The third-order valence-corrected chi connectivity index (χ3v) is 5.04. The zero-order chi connectivity index (χ0) is 19.6. The van der Waals surface area contributed by atoms with Crippen LogP contribution in [-0.4, -0.2) is 11.8 Å². The quantitative estimate of drug-likeness (QED) is 0.736. The molecule has 0 atom stereocenters. The van der Waals surface area contributed by atoms with Crippen LogP contribution in [-0.2, 0) is 22.4 Å². The van der Waals surface area contributed by atoms with Crippen LogP contribution < -0.4 is 10.6 Å². The highest BCUT2D eigenvalue weighted by Gasteiger charge is 2.56. The molecule has 27 heavy (non-hydrogen) atoms. The highest BCUT2D eigenvalue weighted by atomic mass is 19.1. The standard InChI is InChI=1S/C21H22F2N2O2/c1-3-13-6-5-7-14(4-2)18(13)25-20(27)21(10-11-21)19(26)24-17-9-8-15(22)12-16(17)23/h5-9,12H,3-4,10-11H2,1-2H3,(H,24,26)(H,25,27). The lowest BCUT2D eigenvalue weighted by Crippen LogP contribution is -2.36. The molecular weight excluding hydrogens is 350 g/mol. The minimum atomic E-state index is -1.22. The van der Waals surface area contributed by atoms with Crippen LogP contribution in [0.15, 0.2) is 36.4 Å². The normalized spacial score (nSPS) is 14.5. The number of nitrogens with one attached hydrogen (secondary N) is 2. The van der Waals surface area contributed by atoms with Crippen molar-refractivity contribution in [2.24, 2.45) is 5.41 Å². The molecule has 0 unspecified atom stereocenters. The SMILES string of the molecule is CCc1cccc(CC)c1NC(=O)C1(C(=O)Nc2ccc(F)cc2F)CC1. The molecule has 0 aromatic heterocycles. The van der Waals surface area contributed by atoms with Crippen LogP contribution >= 0.6 is 0 Å². The summed E-state index contributed by atoms with van der Waals surface area (Å²) < 4.78 is 26.8. The van der Waals surface area contributed by atoms with Gasteiger partial charge in [-0.2, -0.15) is 0 Å². The lowest BCUT2D eigenvalue weighted by molar-refractivity contribution is -0.131. The second-order valence-electron chi connectivity index (χ2n) is 6.77. The Hall–Kier alpha value is -2.76. The summed E-state index contributed by atoms with van der Waals surface area (Å²) >= 11 is 0. The third-order valence-electron chi connectivity index (χ3n) is 5.04. The van der Waals surface area contributed by atoms with Crippen LogP contribution in [0.5, 0.6) is 0 Å². The van der Waals surface area contributed by atoms with Crippen LogP contribution in [0.25, 0.3) is 0 Å². The average Bonchev–Trinajstić information content (AvgIpc) is 3.46. The van der Waals surface area contributed by atoms with Crippen LogP contribution in [0.4, 0.5) is 20.2 Å². The van der Waals surface area contributed by atoms with Crippen molar-refractivity contribution >= 4 is 23.2 Å². The molecule has 2 amide bonds. The van der Waals surface area contributed by atoms with Gasteiger partial charge >= 0.3 is 0 Å². The first-order valence-electron chi connectivity index (χ1n) is 9.10. The molecule has 1 aliphatic rings. The van der Waals surface area contributed by atoms with E-state index < -0.39 is 28.9 Å². The number of carbonyl (C=O) groups excluding carboxylic acids is 2. The van der Waals surface area contributed by atoms with Gasteiger partial charge in [0.15, 0.2) is 0 Å². The van der Waals surface area contributed by atoms with E-state index in [4.69, 9.17) is 0 Å². The number of amides is 2. The fourth-order valence-corrected chi connectivity index (χ4v) is 3.15. The first-order chi connectivity index (χ1) is 12.9. The van der Waals surface area contributed by atoms with Crippen molar-refractivity contribution in [2.75, 3.05) is 10.6 Å². The molecule has 1 fully saturated rings. The predicted octanol–water partition coefficient (Wildman–Crippen LogP) is 4.45. The lowest BCUT2D eigenvalue weighted by atomic mass is 10.0. The topological polar surface area (TPSA) is 58.2 Å². The molecule has 142 valence electrons. The van der Waals surface area contributed by atoms with E-state index in [1.54, 1.807) is 0 Å². The number of anilines is 2. The molecule has 2 aromatic rings. The Labute approximate surface area is 157 Å². The van der Waals surface area contributed by atoms with Gasteiger partial charge in [-0.05, 0) is 48.9 Å². The molecule has 1 saturated carbocycles. The van der Waals surface area contributed by atoms with Gasteiger partial charge in [-0.1, -0.05) is 32.0 Å². The molecule has 4 nitrogen and oxygen atoms in total. The molecule has 0 heterocycles. The zero-order valence-electron chi connectivity index (χ0n) is 15.4. The van der Waals surface area contributed by atoms with E-state index >= 15 is 0 Å². The average molecular weight is 372 g/mol. The van der Waals surface area contributed by atoms with Crippen molar-refractivity contribution in [3.63, 3.8) is 0 Å². The van der Waals surface area contributed by atoms with Crippen molar-refractivity contribution in [2.45, 2.75) is 39.5 Å². The number of halogens is 2. The maximum Gasteiger partial charge on any atom is 0.240 e. The van der Waals surface area contributed by atoms with Gasteiger partial charge < -0.3 is 10.6 Å². The molecule has 2 N–H and O–H groups in total. The predicted molar refractivity (Wildman–Crippen MR) is 100 cm³/mol. The molecule has 0 spiro atoms. The fourth-order valence-electron chi connectivity index (χ4n) is 3.15. The molecule has 3 rings (SSSR count). The van der Waals surface area contributed by atoms with Gasteiger partial charge in [0.2, 0.25) is 11.8 Å². The van der Waals surface area contributed by atoms with Crippen molar-refractivity contribution in [3.05, 3.63) is 59.2 Å². The van der Waals surface area contributed by atoms with Gasteiger partial charge in [0.1, 0.15) is 17.0 Å². The van der Waals surface area contributed by atoms with E-state index in [1.165, 1.54) is 0 Å². The summed E-state index contributed by atoms with van der Waals surface area (Å²) in [7, 11) is 0. The number of hydrogen-bond donors (Lipinski definition) is 2. The first-order valence-corrected chi connectivity index (χ1v) is 9.10. The van der Waals surface area contributed by atoms with Gasteiger partial charge in [-0.25, -0.2) is 8.78 Å². The van der Waals surface area contributed by atoms with E-state index in [-0.39, 0.29) is 5.69 Å². The second-order valence-corrected chi connectivity index (χ2v) is 6.77. The maximum atomic E-state index is 13.8. The summed E-state index contributed by atoms with van der Waals surface area (Å²) in [6.45, 7) is 4.00. The van der Waals surface area contributed by atoms with Crippen LogP contribution in [0.3, 0.4) is 0 Å². The highest BCUT2D eigenvalue weighted by Crippen LogP contribution is 2.48. The summed E-state index contributed by atoms with van der Waals surface area (Å²) in [5, 5.41) is 5.34. The number of carbonyl (C=O) groups is 2. The number of rotatable bonds is 6. The molecule has 0 bridgehead atoms. The van der Waals surface area contributed by atoms with Gasteiger partial charge in [-0.3, -0.25) is 9.59 Å². The Kier molecular flexibility index (Phi) is 5.26. The first kappa shape index (κ1) is 19.0. The zero-order valence-corrected chi connectivity index (χ0v) is 15.4. The van der Waals surface area contributed by atoms with Crippen LogP contribution in [0.1, 0.15) is 37.8 Å². The minimum Gasteiger partial charge on any atom is -0.325 e. The number of aryl methyl sites for hydroxylation is 2. The van der Waals surface area contributed by atoms with Gasteiger partial charge in [0.05, 0.1) is 5.69 Å².